The van der Waals surface area contributed by atoms with Gasteiger partial charge in [0.2, 0.25) is 0 Å². The quantitative estimate of drug-likeness (QED) is 0.600. The minimum atomic E-state index is -0.258. The van der Waals surface area contributed by atoms with Crippen molar-refractivity contribution in [2.75, 3.05) is 6.61 Å². The molecule has 3 rings (SSSR count). The van der Waals surface area contributed by atoms with E-state index in [1.54, 1.807) is 12.1 Å². The van der Waals surface area contributed by atoms with Crippen LogP contribution in [-0.4, -0.2) is 12.6 Å². The van der Waals surface area contributed by atoms with Gasteiger partial charge in [-0.1, -0.05) is 43.0 Å². The van der Waals surface area contributed by atoms with Crippen LogP contribution in [0.3, 0.4) is 0 Å². The lowest BCUT2D eigenvalue weighted by Crippen LogP contribution is -2.88. The van der Waals surface area contributed by atoms with Crippen molar-refractivity contribution in [3.05, 3.63) is 58.4 Å². The Labute approximate surface area is 178 Å². The number of hydrogen-bond donors (Lipinski definition) is 1. The third kappa shape index (κ3) is 6.90. The summed E-state index contributed by atoms with van der Waals surface area (Å²) < 4.78 is 24.8. The van der Waals surface area contributed by atoms with Crippen molar-refractivity contribution in [2.24, 2.45) is 0 Å². The van der Waals surface area contributed by atoms with Gasteiger partial charge in [-0.05, 0) is 62.4 Å². The Morgan fingerprint density at radius 3 is 2.34 bits per heavy atom. The molecule has 158 valence electrons. The van der Waals surface area contributed by atoms with E-state index in [4.69, 9.17) is 21.1 Å². The summed E-state index contributed by atoms with van der Waals surface area (Å²) >= 11 is 6.55. The predicted octanol–water partition coefficient (Wildman–Crippen LogP) is 5.63. The van der Waals surface area contributed by atoms with Gasteiger partial charge in [-0.25, -0.2) is 4.39 Å². The summed E-state index contributed by atoms with van der Waals surface area (Å²) in [5.74, 6) is 0.961. The van der Waals surface area contributed by atoms with E-state index in [0.717, 1.165) is 17.7 Å². The number of ether oxygens (including phenoxy) is 2. The van der Waals surface area contributed by atoms with E-state index in [9.17, 15) is 4.39 Å². The Balaban J connectivity index is 1.65. The molecule has 0 heterocycles. The third-order valence-electron chi connectivity index (χ3n) is 5.50. The zero-order valence-corrected chi connectivity index (χ0v) is 18.0. The van der Waals surface area contributed by atoms with E-state index in [2.05, 4.69) is 5.32 Å². The molecule has 0 saturated heterocycles. The molecule has 1 saturated carbocycles. The molecule has 5 heteroatoms. The largest absolute Gasteiger partial charge is 0.490 e. The molecule has 1 aliphatic carbocycles. The van der Waals surface area contributed by atoms with Gasteiger partial charge >= 0.3 is 0 Å². The van der Waals surface area contributed by atoms with Gasteiger partial charge in [0.1, 0.15) is 19.0 Å². The molecule has 0 amide bonds. The number of quaternary nitrogens is 1. The van der Waals surface area contributed by atoms with Gasteiger partial charge in [-0.15, -0.1) is 0 Å². The molecule has 1 aliphatic rings. The molecule has 0 aromatic heterocycles. The summed E-state index contributed by atoms with van der Waals surface area (Å²) in [6.07, 6.45) is 9.38. The first-order valence-corrected chi connectivity index (χ1v) is 11.2. The average molecular weight is 421 g/mol. The monoisotopic (exact) mass is 420 g/mol. The standard InChI is InChI=1S/C24H31ClFNO2/c1-2-28-23-15-19(16-27-21-8-6-4-3-5-7-9-21)14-22(25)24(23)29-17-18-10-12-20(26)13-11-18/h10-15,21,27H,2-9,16-17H2,1H3/p+1. The molecular weight excluding hydrogens is 389 g/mol. The molecule has 0 radical (unpaired) electrons. The number of nitrogens with two attached hydrogens (primary N) is 1. The van der Waals surface area contributed by atoms with Crippen molar-refractivity contribution in [2.45, 2.75) is 71.1 Å². The SMILES string of the molecule is CCOc1cc(C[NH2+]C2CCCCCCC2)cc(Cl)c1OCc1ccc(F)cc1. The average Bonchev–Trinajstić information content (AvgIpc) is 2.68. The Morgan fingerprint density at radius 2 is 1.66 bits per heavy atom. The third-order valence-corrected chi connectivity index (χ3v) is 5.78. The fourth-order valence-electron chi connectivity index (χ4n) is 3.90. The molecule has 3 nitrogen and oxygen atoms in total. The van der Waals surface area contributed by atoms with Crippen LogP contribution in [0, 0.1) is 5.82 Å². The molecule has 0 aliphatic heterocycles. The van der Waals surface area contributed by atoms with Crippen LogP contribution in [0.15, 0.2) is 36.4 Å². The second-order valence-corrected chi connectivity index (χ2v) is 8.21. The molecule has 29 heavy (non-hydrogen) atoms. The van der Waals surface area contributed by atoms with E-state index in [0.29, 0.717) is 35.8 Å². The van der Waals surface area contributed by atoms with Gasteiger partial charge in [0.25, 0.3) is 0 Å². The van der Waals surface area contributed by atoms with E-state index in [-0.39, 0.29) is 5.82 Å². The van der Waals surface area contributed by atoms with Crippen molar-refractivity contribution in [1.29, 1.82) is 0 Å². The van der Waals surface area contributed by atoms with Gasteiger partial charge in [0.15, 0.2) is 11.5 Å². The highest BCUT2D eigenvalue weighted by Gasteiger charge is 2.17. The first-order valence-electron chi connectivity index (χ1n) is 10.8. The molecule has 0 bridgehead atoms. The van der Waals surface area contributed by atoms with Crippen molar-refractivity contribution in [3.63, 3.8) is 0 Å². The molecule has 2 aromatic rings. The fourth-order valence-corrected chi connectivity index (χ4v) is 4.19. The molecule has 1 fully saturated rings. The van der Waals surface area contributed by atoms with Crippen molar-refractivity contribution in [1.82, 2.24) is 0 Å². The van der Waals surface area contributed by atoms with E-state index < -0.39 is 0 Å². The van der Waals surface area contributed by atoms with E-state index >= 15 is 0 Å². The zero-order valence-electron chi connectivity index (χ0n) is 17.3. The van der Waals surface area contributed by atoms with Crippen molar-refractivity contribution >= 4 is 11.6 Å². The molecule has 0 spiro atoms. The van der Waals surface area contributed by atoms with Gasteiger partial charge in [-0.2, -0.15) is 0 Å². The highest BCUT2D eigenvalue weighted by molar-refractivity contribution is 6.32. The van der Waals surface area contributed by atoms with Crippen LogP contribution in [0.25, 0.3) is 0 Å². The van der Waals surface area contributed by atoms with Gasteiger partial charge in [0.05, 0.1) is 17.7 Å². The van der Waals surface area contributed by atoms with Crippen LogP contribution in [0.1, 0.15) is 63.0 Å². The Bertz CT molecular complexity index is 758. The van der Waals surface area contributed by atoms with E-state index in [1.165, 1.54) is 57.1 Å². The van der Waals surface area contributed by atoms with Crippen molar-refractivity contribution in [3.8, 4) is 11.5 Å². The summed E-state index contributed by atoms with van der Waals surface area (Å²) in [6.45, 7) is 3.69. The second kappa shape index (κ2) is 11.4. The molecular formula is C24H32ClFNO2+. The Morgan fingerprint density at radius 1 is 0.966 bits per heavy atom. The summed E-state index contributed by atoms with van der Waals surface area (Å²) in [5, 5.41) is 3.00. The highest BCUT2D eigenvalue weighted by atomic mass is 35.5. The van der Waals surface area contributed by atoms with Crippen LogP contribution in [0.5, 0.6) is 11.5 Å². The fraction of sp³-hybridized carbons (Fsp3) is 0.500. The Hall–Kier alpha value is -1.78. The summed E-state index contributed by atoms with van der Waals surface area (Å²) in [5.41, 5.74) is 2.03. The smallest absolute Gasteiger partial charge is 0.180 e. The lowest BCUT2D eigenvalue weighted by molar-refractivity contribution is -0.706. The minimum absolute atomic E-state index is 0.258. The maximum absolute atomic E-state index is 13.1. The maximum atomic E-state index is 13.1. The summed E-state index contributed by atoms with van der Waals surface area (Å²) in [4.78, 5) is 0. The van der Waals surface area contributed by atoms with Crippen molar-refractivity contribution < 1.29 is 19.2 Å². The molecule has 2 aromatic carbocycles. The number of halogens is 2. The van der Waals surface area contributed by atoms with Crippen LogP contribution in [0.4, 0.5) is 4.39 Å². The second-order valence-electron chi connectivity index (χ2n) is 7.80. The lowest BCUT2D eigenvalue weighted by Gasteiger charge is -2.19. The van der Waals surface area contributed by atoms with Crippen LogP contribution >= 0.6 is 11.6 Å². The highest BCUT2D eigenvalue weighted by Crippen LogP contribution is 2.37. The lowest BCUT2D eigenvalue weighted by atomic mass is 9.96. The van der Waals surface area contributed by atoms with E-state index in [1.807, 2.05) is 19.1 Å². The van der Waals surface area contributed by atoms with Gasteiger partial charge in [0, 0.05) is 5.56 Å². The zero-order chi connectivity index (χ0) is 20.5. The van der Waals surface area contributed by atoms with Gasteiger partial charge in [-0.3, -0.25) is 0 Å². The normalized spacial score (nSPS) is 15.6. The predicted molar refractivity (Wildman–Crippen MR) is 115 cm³/mol. The van der Waals surface area contributed by atoms with Crippen LogP contribution in [0.2, 0.25) is 5.02 Å². The maximum Gasteiger partial charge on any atom is 0.180 e. The number of rotatable bonds is 8. The van der Waals surface area contributed by atoms with Crippen LogP contribution < -0.4 is 14.8 Å². The topological polar surface area (TPSA) is 35.1 Å². The number of benzene rings is 2. The minimum Gasteiger partial charge on any atom is -0.490 e. The molecule has 2 N–H and O–H groups in total. The first kappa shape index (κ1) is 21.9. The first-order chi connectivity index (χ1) is 14.2. The summed E-state index contributed by atoms with van der Waals surface area (Å²) in [6, 6.07) is 11.0. The molecule has 0 atom stereocenters. The Kier molecular flexibility index (Phi) is 8.63. The summed E-state index contributed by atoms with van der Waals surface area (Å²) in [7, 11) is 0. The molecule has 0 unspecified atom stereocenters. The number of hydrogen-bond acceptors (Lipinski definition) is 2. The van der Waals surface area contributed by atoms with Gasteiger partial charge < -0.3 is 14.8 Å². The van der Waals surface area contributed by atoms with Crippen LogP contribution in [-0.2, 0) is 13.2 Å².